The number of ether oxygens (including phenoxy) is 2. The molecule has 1 aromatic heterocycles. The maximum atomic E-state index is 12.7. The van der Waals surface area contributed by atoms with Gasteiger partial charge in [-0.2, -0.15) is 0 Å². The molecule has 38 heavy (non-hydrogen) atoms. The Morgan fingerprint density at radius 3 is 2.42 bits per heavy atom. The maximum Gasteiger partial charge on any atom is 0.308 e. The minimum atomic E-state index is -1.23. The second-order valence-electron chi connectivity index (χ2n) is 8.88. The molecule has 4 aromatic rings. The van der Waals surface area contributed by atoms with E-state index in [0.717, 1.165) is 26.9 Å². The van der Waals surface area contributed by atoms with Crippen molar-refractivity contribution in [3.8, 4) is 5.75 Å². The van der Waals surface area contributed by atoms with Crippen LogP contribution in [0.15, 0.2) is 82.7 Å². The Hall–Kier alpha value is -3.95. The minimum absolute atomic E-state index is 0.0699. The van der Waals surface area contributed by atoms with Crippen molar-refractivity contribution < 1.29 is 24.2 Å². The van der Waals surface area contributed by atoms with Crippen LogP contribution in [0.1, 0.15) is 30.5 Å². The van der Waals surface area contributed by atoms with Gasteiger partial charge in [-0.25, -0.2) is 0 Å². The lowest BCUT2D eigenvalue weighted by molar-refractivity contribution is -0.318. The van der Waals surface area contributed by atoms with Crippen molar-refractivity contribution in [2.24, 2.45) is 5.16 Å². The van der Waals surface area contributed by atoms with E-state index < -0.39 is 12.1 Å². The molecule has 3 aromatic carbocycles. The number of hydrogen-bond donors (Lipinski definition) is 0. The van der Waals surface area contributed by atoms with Crippen LogP contribution in [0.2, 0.25) is 0 Å². The molecule has 0 radical (unpaired) electrons. The number of aliphatic carboxylic acids is 1. The van der Waals surface area contributed by atoms with Crippen LogP contribution in [0.25, 0.3) is 10.2 Å². The van der Waals surface area contributed by atoms with Crippen molar-refractivity contribution in [1.82, 2.24) is 4.57 Å². The maximum absolute atomic E-state index is 12.7. The molecule has 0 spiro atoms. The number of fused-ring (bicyclic) bond motifs is 1. The number of carbonyl (C=O) groups is 1. The number of nitrogens with zero attached hydrogens (tertiary/aromatic N) is 2. The monoisotopic (exact) mass is 533 g/mol. The predicted octanol–water partition coefficient (Wildman–Crippen LogP) is 3.63. The van der Waals surface area contributed by atoms with Crippen LogP contribution in [0.4, 0.5) is 0 Å². The minimum Gasteiger partial charge on any atom is -0.547 e. The van der Waals surface area contributed by atoms with E-state index in [4.69, 9.17) is 14.3 Å². The first-order valence-corrected chi connectivity index (χ1v) is 13.1. The topological polar surface area (TPSA) is 102 Å². The van der Waals surface area contributed by atoms with Gasteiger partial charge in [0.1, 0.15) is 31.3 Å². The molecular formula is C29H29N2O6S-. The summed E-state index contributed by atoms with van der Waals surface area (Å²) in [5, 5.41) is 15.5. The van der Waals surface area contributed by atoms with Gasteiger partial charge in [0.05, 0.1) is 28.8 Å². The summed E-state index contributed by atoms with van der Waals surface area (Å²) in [7, 11) is 1.51. The highest BCUT2D eigenvalue weighted by Gasteiger charge is 2.15. The number of benzene rings is 3. The van der Waals surface area contributed by atoms with Crippen LogP contribution >= 0.6 is 11.3 Å². The summed E-state index contributed by atoms with van der Waals surface area (Å²) in [6, 6.07) is 22.7. The largest absolute Gasteiger partial charge is 0.547 e. The fraction of sp³-hybridized carbons (Fsp3) is 0.276. The van der Waals surface area contributed by atoms with Crippen molar-refractivity contribution in [2.75, 3.05) is 13.7 Å². The summed E-state index contributed by atoms with van der Waals surface area (Å²) in [5.74, 6) is -0.608. The third-order valence-electron chi connectivity index (χ3n) is 5.80. The molecule has 8 nitrogen and oxygen atoms in total. The molecule has 0 aliphatic carbocycles. The first-order valence-electron chi connectivity index (χ1n) is 12.2. The first-order chi connectivity index (χ1) is 18.4. The van der Waals surface area contributed by atoms with Crippen molar-refractivity contribution >= 4 is 33.2 Å². The number of carboxylic acid groups (broad SMARTS) is 1. The van der Waals surface area contributed by atoms with Gasteiger partial charge < -0.3 is 24.2 Å². The zero-order valence-corrected chi connectivity index (χ0v) is 22.3. The Kier molecular flexibility index (Phi) is 8.93. The van der Waals surface area contributed by atoms with E-state index in [1.54, 1.807) is 42.7 Å². The molecule has 0 aliphatic heterocycles. The fourth-order valence-corrected chi connectivity index (χ4v) is 5.05. The van der Waals surface area contributed by atoms with Gasteiger partial charge in [0.25, 0.3) is 0 Å². The van der Waals surface area contributed by atoms with Gasteiger partial charge in [-0.1, -0.05) is 65.0 Å². The Bertz CT molecular complexity index is 1460. The van der Waals surface area contributed by atoms with Gasteiger partial charge >= 0.3 is 4.87 Å². The SMILES string of the molecule is CO/N=C(\c1ccccc1)c1ccc2c(c1)sc(=O)n2CCOc1ccc(CC(OC(C)C)C(=O)[O-])cc1. The number of oxime groups is 1. The average molecular weight is 534 g/mol. The van der Waals surface area contributed by atoms with Gasteiger partial charge in [-0.3, -0.25) is 9.36 Å². The number of carboxylic acids is 1. The smallest absolute Gasteiger partial charge is 0.308 e. The van der Waals surface area contributed by atoms with Crippen molar-refractivity contribution in [3.63, 3.8) is 0 Å². The van der Waals surface area contributed by atoms with E-state index in [1.165, 1.54) is 18.4 Å². The van der Waals surface area contributed by atoms with E-state index in [9.17, 15) is 14.7 Å². The Labute approximate surface area is 224 Å². The number of aromatic nitrogens is 1. The van der Waals surface area contributed by atoms with Crippen LogP contribution in [0.5, 0.6) is 5.75 Å². The van der Waals surface area contributed by atoms with Gasteiger partial charge in [-0.05, 0) is 43.7 Å². The molecule has 0 saturated heterocycles. The van der Waals surface area contributed by atoms with Crippen LogP contribution in [-0.4, -0.2) is 42.2 Å². The number of thiazole rings is 1. The third-order valence-corrected chi connectivity index (χ3v) is 6.74. The summed E-state index contributed by atoms with van der Waals surface area (Å²) in [6.45, 7) is 4.24. The fourth-order valence-electron chi connectivity index (χ4n) is 4.09. The second kappa shape index (κ2) is 12.5. The highest BCUT2D eigenvalue weighted by atomic mass is 32.1. The van der Waals surface area contributed by atoms with Gasteiger partial charge in [-0.15, -0.1) is 0 Å². The Morgan fingerprint density at radius 2 is 1.76 bits per heavy atom. The van der Waals surface area contributed by atoms with E-state index >= 15 is 0 Å². The predicted molar refractivity (Wildman–Crippen MR) is 146 cm³/mol. The lowest BCUT2D eigenvalue weighted by Gasteiger charge is -2.21. The summed E-state index contributed by atoms with van der Waals surface area (Å²) < 4.78 is 13.8. The van der Waals surface area contributed by atoms with Crippen molar-refractivity contribution in [2.45, 2.75) is 39.0 Å². The summed E-state index contributed by atoms with van der Waals surface area (Å²) in [6.07, 6.45) is -1.01. The first kappa shape index (κ1) is 27.1. The van der Waals surface area contributed by atoms with Crippen molar-refractivity contribution in [3.05, 3.63) is 99.2 Å². The van der Waals surface area contributed by atoms with Crippen LogP contribution in [-0.2, 0) is 27.3 Å². The lowest BCUT2D eigenvalue weighted by atomic mass is 10.0. The van der Waals surface area contributed by atoms with E-state index in [2.05, 4.69) is 5.16 Å². The van der Waals surface area contributed by atoms with E-state index in [1.807, 2.05) is 48.5 Å². The highest BCUT2D eigenvalue weighted by Crippen LogP contribution is 2.22. The summed E-state index contributed by atoms with van der Waals surface area (Å²) in [4.78, 5) is 29.1. The van der Waals surface area contributed by atoms with Crippen LogP contribution in [0.3, 0.4) is 0 Å². The summed E-state index contributed by atoms with van der Waals surface area (Å²) in [5.41, 5.74) is 4.09. The molecule has 0 saturated carbocycles. The summed E-state index contributed by atoms with van der Waals surface area (Å²) >= 11 is 1.17. The number of carbonyl (C=O) groups excluding carboxylic acids is 1. The number of rotatable bonds is 12. The Morgan fingerprint density at radius 1 is 1.03 bits per heavy atom. The van der Waals surface area contributed by atoms with E-state index in [0.29, 0.717) is 24.6 Å². The molecule has 198 valence electrons. The molecule has 0 bridgehead atoms. The van der Waals surface area contributed by atoms with Crippen LogP contribution in [0, 0.1) is 0 Å². The second-order valence-corrected chi connectivity index (χ2v) is 9.87. The van der Waals surface area contributed by atoms with Gasteiger partial charge in [0.2, 0.25) is 0 Å². The molecule has 0 aliphatic rings. The molecule has 0 N–H and O–H groups in total. The Balaban J connectivity index is 1.42. The van der Waals surface area contributed by atoms with Gasteiger partial charge in [0.15, 0.2) is 0 Å². The molecule has 1 heterocycles. The quantitative estimate of drug-likeness (QED) is 0.204. The molecule has 1 atom stereocenters. The molecular weight excluding hydrogens is 504 g/mol. The molecule has 4 rings (SSSR count). The van der Waals surface area contributed by atoms with Crippen LogP contribution < -0.4 is 14.7 Å². The molecule has 1 unspecified atom stereocenters. The molecule has 0 fully saturated rings. The zero-order chi connectivity index (χ0) is 27.1. The third kappa shape index (κ3) is 6.67. The highest BCUT2D eigenvalue weighted by molar-refractivity contribution is 7.16. The lowest BCUT2D eigenvalue weighted by Crippen LogP contribution is -2.40. The van der Waals surface area contributed by atoms with E-state index in [-0.39, 0.29) is 17.4 Å². The van der Waals surface area contributed by atoms with Crippen molar-refractivity contribution in [1.29, 1.82) is 0 Å². The standard InChI is InChI=1S/C29H30N2O6S/c1-19(2)37-25(28(32)33)17-20-9-12-23(13-10-20)36-16-15-31-24-14-11-22(18-26(24)38-29(31)34)27(30-35-3)21-7-5-4-6-8-21/h4-14,18-19,25H,15-17H2,1-3H3,(H,32,33)/p-1/b30-27+. The zero-order valence-electron chi connectivity index (χ0n) is 21.5. The normalized spacial score (nSPS) is 12.6. The molecule has 9 heteroatoms. The molecule has 0 amide bonds. The number of hydrogen-bond acceptors (Lipinski definition) is 8. The average Bonchev–Trinajstić information content (AvgIpc) is 3.22. The van der Waals surface area contributed by atoms with Gasteiger partial charge in [0, 0.05) is 17.5 Å².